The Balaban J connectivity index is 1.12. The van der Waals surface area contributed by atoms with Gasteiger partial charge in [-0.05, 0) is 73.5 Å². The topological polar surface area (TPSA) is 108 Å². The van der Waals surface area contributed by atoms with Crippen molar-refractivity contribution in [3.05, 3.63) is 129 Å². The molecular formula is C38H32Cl4N6O5. The molecule has 0 saturated carbocycles. The van der Waals surface area contributed by atoms with Gasteiger partial charge >= 0.3 is 0 Å². The molecule has 0 radical (unpaired) electrons. The summed E-state index contributed by atoms with van der Waals surface area (Å²) in [5.74, 6) is -1.21. The third-order valence-corrected chi connectivity index (χ3v) is 10.1. The summed E-state index contributed by atoms with van der Waals surface area (Å²) in [4.78, 5) is 8.12. The van der Waals surface area contributed by atoms with Crippen LogP contribution >= 0.6 is 46.4 Å². The highest BCUT2D eigenvalue weighted by Crippen LogP contribution is 2.46. The fourth-order valence-electron chi connectivity index (χ4n) is 6.70. The minimum absolute atomic E-state index is 0.143. The van der Waals surface area contributed by atoms with Crippen LogP contribution in [0.1, 0.15) is 25.0 Å². The molecule has 15 heteroatoms. The van der Waals surface area contributed by atoms with E-state index in [-0.39, 0.29) is 25.3 Å². The molecule has 11 nitrogen and oxygen atoms in total. The van der Waals surface area contributed by atoms with Crippen LogP contribution < -0.4 is 4.74 Å². The van der Waals surface area contributed by atoms with E-state index in [1.165, 1.54) is 12.7 Å². The molecule has 0 bridgehead atoms. The van der Waals surface area contributed by atoms with Crippen LogP contribution in [-0.2, 0) is 43.6 Å². The van der Waals surface area contributed by atoms with Gasteiger partial charge in [-0.15, -0.1) is 0 Å². The molecular weight excluding hydrogens is 762 g/mol. The third-order valence-electron chi connectivity index (χ3n) is 9.04. The highest BCUT2D eigenvalue weighted by molar-refractivity contribution is 6.33. The van der Waals surface area contributed by atoms with Gasteiger partial charge in [-0.25, -0.2) is 19.3 Å². The summed E-state index contributed by atoms with van der Waals surface area (Å²) >= 11 is 27.1. The normalized spacial score (nSPS) is 22.8. The van der Waals surface area contributed by atoms with Crippen LogP contribution in [-0.4, -0.2) is 55.0 Å². The molecule has 2 saturated heterocycles. The minimum atomic E-state index is -1.14. The number of benzene rings is 4. The minimum Gasteiger partial charge on any atom is -0.456 e. The third kappa shape index (κ3) is 7.28. The maximum atomic E-state index is 7.01. The zero-order valence-electron chi connectivity index (χ0n) is 28.5. The van der Waals surface area contributed by atoms with E-state index in [4.69, 9.17) is 70.1 Å². The van der Waals surface area contributed by atoms with E-state index >= 15 is 0 Å². The van der Waals surface area contributed by atoms with Crippen LogP contribution in [0.3, 0.4) is 0 Å². The second-order valence-electron chi connectivity index (χ2n) is 12.9. The second-order valence-corrected chi connectivity index (χ2v) is 14.6. The molecule has 0 unspecified atom stereocenters. The number of halogens is 4. The Kier molecular flexibility index (Phi) is 9.94. The smallest absolute Gasteiger partial charge is 0.217 e. The first-order valence-electron chi connectivity index (χ1n) is 16.8. The molecule has 6 aromatic rings. The Bertz CT molecular complexity index is 2100. The fraction of sp³-hybridized carbons (Fsp3) is 0.263. The Hall–Kier alpha value is -4.04. The van der Waals surface area contributed by atoms with Crippen LogP contribution in [0.2, 0.25) is 20.1 Å². The average molecular weight is 795 g/mol. The largest absolute Gasteiger partial charge is 0.456 e. The van der Waals surface area contributed by atoms with E-state index in [9.17, 15) is 0 Å². The van der Waals surface area contributed by atoms with Crippen LogP contribution in [0.25, 0.3) is 22.3 Å². The molecule has 2 aliphatic rings. The van der Waals surface area contributed by atoms with Crippen molar-refractivity contribution in [3.8, 4) is 33.8 Å². The highest BCUT2D eigenvalue weighted by atomic mass is 35.5. The summed E-state index contributed by atoms with van der Waals surface area (Å²) < 4.78 is 35.1. The molecule has 0 aliphatic carbocycles. The molecule has 53 heavy (non-hydrogen) atoms. The number of hydrogen-bond donors (Lipinski definition) is 0. The lowest BCUT2D eigenvalue weighted by Crippen LogP contribution is -2.34. The van der Waals surface area contributed by atoms with Gasteiger partial charge in [0.05, 0.1) is 25.4 Å². The Morgan fingerprint density at radius 2 is 1.09 bits per heavy atom. The van der Waals surface area contributed by atoms with Gasteiger partial charge in [0.15, 0.2) is 0 Å². The zero-order chi connectivity index (χ0) is 36.7. The van der Waals surface area contributed by atoms with Gasteiger partial charge in [-0.2, -0.15) is 10.2 Å². The van der Waals surface area contributed by atoms with Crippen LogP contribution in [0.5, 0.6) is 11.5 Å². The second kappa shape index (κ2) is 14.7. The van der Waals surface area contributed by atoms with Gasteiger partial charge in [0, 0.05) is 42.3 Å². The zero-order valence-corrected chi connectivity index (χ0v) is 31.5. The maximum absolute atomic E-state index is 7.01. The van der Waals surface area contributed by atoms with Crippen LogP contribution in [0.15, 0.2) is 98.1 Å². The standard InChI is InChI=1S/C38H32Cl4N6O5/c1-23-15-49-37(52-23,17-47-21-43-19-45-47)31-7-3-25(11-33(31)41)29-13-27(39)5-9-35(29)51-36-10-6-28(40)14-30(36)26-4-8-32(34(42)12-26)38(50-16-24(2)53-38)18-48-22-44-20-46-48/h3-14,19-24H,15-18H2,1-2H3/t23-,24-,37+,38+/m1/s1. The highest BCUT2D eigenvalue weighted by Gasteiger charge is 2.45. The quantitative estimate of drug-likeness (QED) is 0.134. The molecule has 2 fully saturated rings. The molecule has 2 aliphatic heterocycles. The molecule has 0 amide bonds. The fourth-order valence-corrected chi connectivity index (χ4v) is 7.69. The molecule has 2 aromatic heterocycles. The monoisotopic (exact) mass is 792 g/mol. The van der Waals surface area contributed by atoms with Crippen molar-refractivity contribution in [2.24, 2.45) is 0 Å². The van der Waals surface area contributed by atoms with E-state index < -0.39 is 11.6 Å². The molecule has 4 atom stereocenters. The van der Waals surface area contributed by atoms with Crippen LogP contribution in [0.4, 0.5) is 0 Å². The summed E-state index contributed by atoms with van der Waals surface area (Å²) in [6.45, 7) is 5.25. The number of rotatable bonds is 10. The molecule has 4 heterocycles. The van der Waals surface area contributed by atoms with E-state index in [1.54, 1.807) is 34.2 Å². The van der Waals surface area contributed by atoms with Gasteiger partial charge in [0.2, 0.25) is 11.6 Å². The van der Waals surface area contributed by atoms with Gasteiger partial charge in [0.1, 0.15) is 49.9 Å². The Morgan fingerprint density at radius 3 is 1.45 bits per heavy atom. The van der Waals surface area contributed by atoms with Gasteiger partial charge in [-0.3, -0.25) is 0 Å². The van der Waals surface area contributed by atoms with Crippen molar-refractivity contribution in [1.29, 1.82) is 0 Å². The summed E-state index contributed by atoms with van der Waals surface area (Å²) in [5, 5.41) is 10.4. The van der Waals surface area contributed by atoms with Crippen LogP contribution in [0, 0.1) is 0 Å². The Labute approximate surface area is 325 Å². The van der Waals surface area contributed by atoms with Crippen molar-refractivity contribution >= 4 is 46.4 Å². The van der Waals surface area contributed by atoms with E-state index in [2.05, 4.69) is 20.2 Å². The van der Waals surface area contributed by atoms with Crippen molar-refractivity contribution in [2.45, 2.75) is 50.7 Å². The van der Waals surface area contributed by atoms with Crippen molar-refractivity contribution in [3.63, 3.8) is 0 Å². The van der Waals surface area contributed by atoms with Crippen molar-refractivity contribution in [1.82, 2.24) is 29.5 Å². The first-order chi connectivity index (χ1) is 25.6. The van der Waals surface area contributed by atoms with Crippen molar-refractivity contribution in [2.75, 3.05) is 13.2 Å². The number of aromatic nitrogens is 6. The summed E-state index contributed by atoms with van der Waals surface area (Å²) in [6.07, 6.45) is 5.86. The van der Waals surface area contributed by atoms with E-state index in [1.807, 2.05) is 74.5 Å². The van der Waals surface area contributed by atoms with Gasteiger partial charge in [-0.1, -0.05) is 70.7 Å². The number of hydrogen-bond acceptors (Lipinski definition) is 9. The lowest BCUT2D eigenvalue weighted by molar-refractivity contribution is -0.187. The predicted molar refractivity (Wildman–Crippen MR) is 200 cm³/mol. The predicted octanol–water partition coefficient (Wildman–Crippen LogP) is 9.19. The molecule has 0 spiro atoms. The SMILES string of the molecule is C[C@@H]1CO[C@](Cn2cncn2)(c2ccc(-c3cc(Cl)ccc3Oc3ccc(Cl)cc3-c3ccc([C@@]4(Cn5cncn5)OC[C@@H](C)O4)c(Cl)c3)cc2Cl)O1. The lowest BCUT2D eigenvalue weighted by atomic mass is 9.98. The molecule has 272 valence electrons. The first-order valence-corrected chi connectivity index (χ1v) is 18.3. The number of nitrogens with zero attached hydrogens (tertiary/aromatic N) is 6. The summed E-state index contributed by atoms with van der Waals surface area (Å²) in [5.41, 5.74) is 4.30. The maximum Gasteiger partial charge on any atom is 0.217 e. The molecule has 0 N–H and O–H groups in total. The molecule has 8 rings (SSSR count). The van der Waals surface area contributed by atoms with Gasteiger partial charge < -0.3 is 23.7 Å². The average Bonchev–Trinajstić information content (AvgIpc) is 3.97. The van der Waals surface area contributed by atoms with Gasteiger partial charge in [0.25, 0.3) is 0 Å². The summed E-state index contributed by atoms with van der Waals surface area (Å²) in [6, 6.07) is 22.2. The van der Waals surface area contributed by atoms with E-state index in [0.29, 0.717) is 67.1 Å². The van der Waals surface area contributed by atoms with Crippen molar-refractivity contribution < 1.29 is 23.7 Å². The summed E-state index contributed by atoms with van der Waals surface area (Å²) in [7, 11) is 0. The lowest BCUT2D eigenvalue weighted by Gasteiger charge is -2.29. The number of ether oxygens (including phenoxy) is 5. The Morgan fingerprint density at radius 1 is 0.642 bits per heavy atom. The molecule has 4 aromatic carbocycles. The first kappa shape index (κ1) is 36.0. The van der Waals surface area contributed by atoms with E-state index in [0.717, 1.165) is 11.1 Å².